The SMILES string of the molecule is COc1ccc(NC(=O)CN2CCC(c3nnc(-c4ccsc4)o3)CC2)c(OC)c1. The van der Waals surface area contributed by atoms with Crippen molar-refractivity contribution in [1.29, 1.82) is 0 Å². The normalized spacial score (nSPS) is 15.1. The third kappa shape index (κ3) is 4.63. The van der Waals surface area contributed by atoms with Gasteiger partial charge in [0.15, 0.2) is 0 Å². The first-order chi connectivity index (χ1) is 14.7. The Kier molecular flexibility index (Phi) is 6.29. The minimum atomic E-state index is -0.0746. The molecule has 0 saturated carbocycles. The van der Waals surface area contributed by atoms with Gasteiger partial charge in [-0.1, -0.05) is 0 Å². The van der Waals surface area contributed by atoms with E-state index in [0.717, 1.165) is 31.5 Å². The number of likely N-dealkylation sites (tertiary alicyclic amines) is 1. The molecule has 1 aliphatic rings. The van der Waals surface area contributed by atoms with Crippen LogP contribution in [0.2, 0.25) is 0 Å². The summed E-state index contributed by atoms with van der Waals surface area (Å²) in [5.74, 6) is 2.65. The smallest absolute Gasteiger partial charge is 0.248 e. The number of benzene rings is 1. The molecule has 4 rings (SSSR count). The van der Waals surface area contributed by atoms with Crippen molar-refractivity contribution >= 4 is 22.9 Å². The molecule has 0 spiro atoms. The number of nitrogens with one attached hydrogen (secondary N) is 1. The molecule has 0 atom stereocenters. The molecule has 0 unspecified atom stereocenters. The lowest BCUT2D eigenvalue weighted by molar-refractivity contribution is -0.117. The second-order valence-electron chi connectivity index (χ2n) is 7.12. The number of anilines is 1. The molecular formula is C21H24N4O4S. The van der Waals surface area contributed by atoms with Gasteiger partial charge in [-0.2, -0.15) is 11.3 Å². The highest BCUT2D eigenvalue weighted by atomic mass is 32.1. The van der Waals surface area contributed by atoms with Crippen LogP contribution in [-0.4, -0.2) is 54.9 Å². The number of hydrogen-bond donors (Lipinski definition) is 1. The summed E-state index contributed by atoms with van der Waals surface area (Å²) in [6.45, 7) is 1.92. The van der Waals surface area contributed by atoms with Crippen LogP contribution in [0.25, 0.3) is 11.5 Å². The molecule has 2 aromatic heterocycles. The van der Waals surface area contributed by atoms with Crippen molar-refractivity contribution in [1.82, 2.24) is 15.1 Å². The number of ether oxygens (including phenoxy) is 2. The third-order valence-corrected chi connectivity index (χ3v) is 5.88. The average Bonchev–Trinajstić information content (AvgIpc) is 3.46. The summed E-state index contributed by atoms with van der Waals surface area (Å²) in [5, 5.41) is 15.3. The van der Waals surface area contributed by atoms with E-state index in [9.17, 15) is 4.79 Å². The van der Waals surface area contributed by atoms with E-state index in [1.54, 1.807) is 43.8 Å². The van der Waals surface area contributed by atoms with Gasteiger partial charge in [0, 0.05) is 22.9 Å². The Morgan fingerprint density at radius 3 is 2.77 bits per heavy atom. The lowest BCUT2D eigenvalue weighted by atomic mass is 9.97. The lowest BCUT2D eigenvalue weighted by Crippen LogP contribution is -2.38. The largest absolute Gasteiger partial charge is 0.497 e. The molecule has 0 radical (unpaired) electrons. The van der Waals surface area contributed by atoms with E-state index in [1.165, 1.54) is 0 Å². The number of methoxy groups -OCH3 is 2. The number of amides is 1. The molecule has 9 heteroatoms. The second-order valence-corrected chi connectivity index (χ2v) is 7.90. The Morgan fingerprint density at radius 1 is 1.23 bits per heavy atom. The van der Waals surface area contributed by atoms with E-state index in [4.69, 9.17) is 13.9 Å². The van der Waals surface area contributed by atoms with Crippen LogP contribution in [0.4, 0.5) is 5.69 Å². The first-order valence-electron chi connectivity index (χ1n) is 9.76. The van der Waals surface area contributed by atoms with E-state index in [1.807, 2.05) is 16.8 Å². The predicted octanol–water partition coefficient (Wildman–Crippen LogP) is 3.63. The maximum atomic E-state index is 12.5. The number of hydrogen-bond acceptors (Lipinski definition) is 8. The van der Waals surface area contributed by atoms with Gasteiger partial charge in [-0.3, -0.25) is 9.69 Å². The van der Waals surface area contributed by atoms with Crippen LogP contribution in [0.15, 0.2) is 39.4 Å². The van der Waals surface area contributed by atoms with E-state index < -0.39 is 0 Å². The first-order valence-corrected chi connectivity index (χ1v) is 10.7. The van der Waals surface area contributed by atoms with Crippen molar-refractivity contribution in [2.75, 3.05) is 39.2 Å². The Balaban J connectivity index is 1.29. The minimum Gasteiger partial charge on any atom is -0.497 e. The van der Waals surface area contributed by atoms with Crippen molar-refractivity contribution in [3.8, 4) is 23.0 Å². The maximum absolute atomic E-state index is 12.5. The van der Waals surface area contributed by atoms with Gasteiger partial charge in [0.05, 0.1) is 26.5 Å². The van der Waals surface area contributed by atoms with Crippen LogP contribution in [0.3, 0.4) is 0 Å². The number of nitrogens with zero attached hydrogens (tertiary/aromatic N) is 3. The molecule has 1 aliphatic heterocycles. The predicted molar refractivity (Wildman–Crippen MR) is 114 cm³/mol. The van der Waals surface area contributed by atoms with Gasteiger partial charge in [0.2, 0.25) is 17.7 Å². The Bertz CT molecular complexity index is 981. The molecule has 1 N–H and O–H groups in total. The molecule has 1 fully saturated rings. The van der Waals surface area contributed by atoms with Crippen LogP contribution >= 0.6 is 11.3 Å². The third-order valence-electron chi connectivity index (χ3n) is 5.20. The lowest BCUT2D eigenvalue weighted by Gasteiger charge is -2.29. The summed E-state index contributed by atoms with van der Waals surface area (Å²) in [6, 6.07) is 7.29. The Hall–Kier alpha value is -2.91. The highest BCUT2D eigenvalue weighted by Crippen LogP contribution is 2.31. The van der Waals surface area contributed by atoms with Gasteiger partial charge in [-0.05, 0) is 49.5 Å². The van der Waals surface area contributed by atoms with E-state index in [0.29, 0.717) is 35.5 Å². The van der Waals surface area contributed by atoms with Gasteiger partial charge in [-0.15, -0.1) is 10.2 Å². The van der Waals surface area contributed by atoms with Crippen LogP contribution < -0.4 is 14.8 Å². The van der Waals surface area contributed by atoms with Crippen LogP contribution in [0.1, 0.15) is 24.7 Å². The molecule has 30 heavy (non-hydrogen) atoms. The summed E-state index contributed by atoms with van der Waals surface area (Å²) in [6.07, 6.45) is 1.76. The first kappa shape index (κ1) is 20.4. The number of aromatic nitrogens is 2. The number of carbonyl (C=O) groups is 1. The van der Waals surface area contributed by atoms with Crippen molar-refractivity contribution < 1.29 is 18.7 Å². The van der Waals surface area contributed by atoms with Crippen molar-refractivity contribution in [3.63, 3.8) is 0 Å². The molecule has 1 saturated heterocycles. The zero-order valence-electron chi connectivity index (χ0n) is 17.0. The molecular weight excluding hydrogens is 404 g/mol. The highest BCUT2D eigenvalue weighted by Gasteiger charge is 2.26. The van der Waals surface area contributed by atoms with Gasteiger partial charge < -0.3 is 19.2 Å². The monoisotopic (exact) mass is 428 g/mol. The van der Waals surface area contributed by atoms with E-state index >= 15 is 0 Å². The fraction of sp³-hybridized carbons (Fsp3) is 0.381. The number of rotatable bonds is 7. The molecule has 3 heterocycles. The zero-order chi connectivity index (χ0) is 20.9. The number of thiophene rings is 1. The molecule has 0 bridgehead atoms. The number of carbonyl (C=O) groups excluding carboxylic acids is 1. The molecule has 158 valence electrons. The standard InChI is InChI=1S/C21H24N4O4S/c1-27-16-3-4-17(18(11-16)28-2)22-19(26)12-25-8-5-14(6-9-25)20-23-24-21(29-20)15-7-10-30-13-15/h3-4,7,10-11,13-14H,5-6,8-9,12H2,1-2H3,(H,22,26). The molecule has 1 amide bonds. The fourth-order valence-corrected chi connectivity index (χ4v) is 4.16. The molecule has 8 nitrogen and oxygen atoms in total. The summed E-state index contributed by atoms with van der Waals surface area (Å²) in [7, 11) is 3.16. The minimum absolute atomic E-state index is 0.0746. The van der Waals surface area contributed by atoms with Gasteiger partial charge >= 0.3 is 0 Å². The molecule has 3 aromatic rings. The van der Waals surface area contributed by atoms with E-state index in [2.05, 4.69) is 20.4 Å². The van der Waals surface area contributed by atoms with Gasteiger partial charge in [0.1, 0.15) is 11.5 Å². The molecule has 1 aromatic carbocycles. The van der Waals surface area contributed by atoms with Gasteiger partial charge in [-0.25, -0.2) is 0 Å². The Morgan fingerprint density at radius 2 is 2.07 bits per heavy atom. The molecule has 0 aliphatic carbocycles. The quantitative estimate of drug-likeness (QED) is 0.614. The maximum Gasteiger partial charge on any atom is 0.248 e. The number of piperidine rings is 1. The van der Waals surface area contributed by atoms with Crippen LogP contribution in [-0.2, 0) is 4.79 Å². The topological polar surface area (TPSA) is 89.7 Å². The highest BCUT2D eigenvalue weighted by molar-refractivity contribution is 7.08. The fourth-order valence-electron chi connectivity index (χ4n) is 3.54. The summed E-state index contributed by atoms with van der Waals surface area (Å²) < 4.78 is 16.4. The Labute approximate surface area is 178 Å². The zero-order valence-corrected chi connectivity index (χ0v) is 17.8. The summed E-state index contributed by atoms with van der Waals surface area (Å²) >= 11 is 1.60. The van der Waals surface area contributed by atoms with Crippen molar-refractivity contribution in [3.05, 3.63) is 40.9 Å². The van der Waals surface area contributed by atoms with Crippen molar-refractivity contribution in [2.45, 2.75) is 18.8 Å². The summed E-state index contributed by atoms with van der Waals surface area (Å²) in [5.41, 5.74) is 1.59. The van der Waals surface area contributed by atoms with Crippen LogP contribution in [0.5, 0.6) is 11.5 Å². The second kappa shape index (κ2) is 9.27. The van der Waals surface area contributed by atoms with Gasteiger partial charge in [0.25, 0.3) is 0 Å². The van der Waals surface area contributed by atoms with Crippen LogP contribution in [0, 0.1) is 0 Å². The van der Waals surface area contributed by atoms with E-state index in [-0.39, 0.29) is 11.8 Å². The average molecular weight is 429 g/mol. The summed E-state index contributed by atoms with van der Waals surface area (Å²) in [4.78, 5) is 14.6. The van der Waals surface area contributed by atoms with Crippen molar-refractivity contribution in [2.24, 2.45) is 0 Å².